The van der Waals surface area contributed by atoms with Crippen LogP contribution in [0, 0.1) is 24.4 Å². The number of hydrogen-bond donors (Lipinski definition) is 2. The Kier molecular flexibility index (Phi) is 9.67. The molecule has 226 valence electrons. The molecule has 4 rings (SSSR count). The van der Waals surface area contributed by atoms with Crippen LogP contribution in [0.5, 0.6) is 0 Å². The summed E-state index contributed by atoms with van der Waals surface area (Å²) in [7, 11) is 0. The van der Waals surface area contributed by atoms with E-state index in [0.717, 1.165) is 29.2 Å². The molecule has 2 aromatic carbocycles. The van der Waals surface area contributed by atoms with Gasteiger partial charge in [0.25, 0.3) is 0 Å². The van der Waals surface area contributed by atoms with E-state index in [4.69, 9.17) is 26.8 Å². The maximum Gasteiger partial charge on any atom is 0.418 e. The first-order chi connectivity index (χ1) is 19.7. The number of nitrogens with two attached hydrogens (primary N) is 1. The monoisotopic (exact) mass is 681 g/mol. The van der Waals surface area contributed by atoms with Gasteiger partial charge in [-0.1, -0.05) is 11.6 Å². The first kappa shape index (κ1) is 31.9. The van der Waals surface area contributed by atoms with E-state index in [0.29, 0.717) is 6.07 Å². The molecule has 0 bridgehead atoms. The van der Waals surface area contributed by atoms with Crippen molar-refractivity contribution < 1.29 is 40.9 Å². The van der Waals surface area contributed by atoms with E-state index in [-0.39, 0.29) is 33.9 Å². The van der Waals surface area contributed by atoms with Gasteiger partial charge in [-0.2, -0.15) is 18.3 Å². The van der Waals surface area contributed by atoms with Crippen molar-refractivity contribution in [2.24, 2.45) is 10.7 Å². The molecule has 3 aromatic rings. The second kappa shape index (κ2) is 12.7. The molecule has 42 heavy (non-hydrogen) atoms. The Balaban J connectivity index is 1.71. The summed E-state index contributed by atoms with van der Waals surface area (Å²) in [6.07, 6.45) is -6.83. The fourth-order valence-electron chi connectivity index (χ4n) is 4.07. The molecule has 4 atom stereocenters. The SMILES string of the molecule is Cc1nc(C(OC2COC2C)[C@@H](O)CN=CC(=CN)c2ccc(Cl)c(F)c2F)n(-c2cc(Br)c(F)cc2C(F)(F)F)n1. The number of alkyl halides is 3. The number of ether oxygens (including phenoxy) is 2. The summed E-state index contributed by atoms with van der Waals surface area (Å²) in [5, 5.41) is 14.8. The largest absolute Gasteiger partial charge is 0.418 e. The summed E-state index contributed by atoms with van der Waals surface area (Å²) in [6, 6.07) is 3.53. The molecule has 1 aliphatic heterocycles. The van der Waals surface area contributed by atoms with Gasteiger partial charge in [0.05, 0.1) is 40.0 Å². The Morgan fingerprint density at radius 3 is 2.62 bits per heavy atom. The van der Waals surface area contributed by atoms with Crippen LogP contribution in [0.2, 0.25) is 5.02 Å². The third kappa shape index (κ3) is 6.64. The van der Waals surface area contributed by atoms with Gasteiger partial charge in [-0.25, -0.2) is 22.8 Å². The molecule has 1 aliphatic rings. The predicted molar refractivity (Wildman–Crippen MR) is 145 cm³/mol. The highest BCUT2D eigenvalue weighted by atomic mass is 79.9. The van der Waals surface area contributed by atoms with Crippen molar-refractivity contribution in [3.05, 3.63) is 80.2 Å². The zero-order valence-electron chi connectivity index (χ0n) is 21.8. The minimum atomic E-state index is -4.97. The van der Waals surface area contributed by atoms with Crippen LogP contribution in [0.15, 0.2) is 39.9 Å². The molecule has 0 amide bonds. The number of allylic oxidation sites excluding steroid dienone is 1. The molecular formula is C26H23BrClF6N5O3. The second-order valence-electron chi connectivity index (χ2n) is 9.25. The maximum absolute atomic E-state index is 14.4. The van der Waals surface area contributed by atoms with Gasteiger partial charge in [-0.3, -0.25) is 4.99 Å². The van der Waals surface area contributed by atoms with Gasteiger partial charge in [0.2, 0.25) is 0 Å². The Morgan fingerprint density at radius 2 is 2.02 bits per heavy atom. The number of aliphatic hydroxyl groups is 1. The summed E-state index contributed by atoms with van der Waals surface area (Å²) in [5.74, 6) is -3.88. The third-order valence-electron chi connectivity index (χ3n) is 6.33. The number of aliphatic imine (C=N–C) groups is 1. The van der Waals surface area contributed by atoms with E-state index in [1.165, 1.54) is 13.0 Å². The number of aliphatic hydroxyl groups excluding tert-OH is 1. The molecular weight excluding hydrogens is 660 g/mol. The molecule has 2 heterocycles. The highest BCUT2D eigenvalue weighted by Gasteiger charge is 2.40. The predicted octanol–water partition coefficient (Wildman–Crippen LogP) is 5.70. The lowest BCUT2D eigenvalue weighted by molar-refractivity contribution is -0.216. The minimum absolute atomic E-state index is 0.0365. The van der Waals surface area contributed by atoms with Crippen molar-refractivity contribution in [1.29, 1.82) is 0 Å². The summed E-state index contributed by atoms with van der Waals surface area (Å²) < 4.78 is 96.2. The Labute approximate surface area is 248 Å². The molecule has 3 unspecified atom stereocenters. The summed E-state index contributed by atoms with van der Waals surface area (Å²) >= 11 is 8.50. The van der Waals surface area contributed by atoms with Crippen LogP contribution in [-0.2, 0) is 15.7 Å². The first-order valence-corrected chi connectivity index (χ1v) is 13.4. The molecule has 1 fully saturated rings. The topological polar surface area (TPSA) is 108 Å². The number of rotatable bonds is 9. The van der Waals surface area contributed by atoms with Gasteiger partial charge < -0.3 is 20.3 Å². The van der Waals surface area contributed by atoms with Crippen LogP contribution in [0.4, 0.5) is 26.3 Å². The van der Waals surface area contributed by atoms with Crippen LogP contribution in [0.1, 0.15) is 35.8 Å². The van der Waals surface area contributed by atoms with E-state index in [9.17, 15) is 31.4 Å². The van der Waals surface area contributed by atoms with Crippen LogP contribution in [0.25, 0.3) is 11.3 Å². The highest BCUT2D eigenvalue weighted by molar-refractivity contribution is 9.10. The smallest absolute Gasteiger partial charge is 0.404 e. The molecule has 1 saturated heterocycles. The average Bonchev–Trinajstić information content (AvgIpc) is 3.31. The molecule has 0 saturated carbocycles. The molecule has 0 radical (unpaired) electrons. The Morgan fingerprint density at radius 1 is 1.31 bits per heavy atom. The van der Waals surface area contributed by atoms with Crippen molar-refractivity contribution in [2.45, 2.75) is 44.4 Å². The zero-order chi connectivity index (χ0) is 30.9. The van der Waals surface area contributed by atoms with E-state index in [1.54, 1.807) is 6.92 Å². The fourth-order valence-corrected chi connectivity index (χ4v) is 4.54. The van der Waals surface area contributed by atoms with Gasteiger partial charge in [0.1, 0.15) is 30.0 Å². The summed E-state index contributed by atoms with van der Waals surface area (Å²) in [4.78, 5) is 8.29. The van der Waals surface area contributed by atoms with Crippen LogP contribution in [0.3, 0.4) is 0 Å². The van der Waals surface area contributed by atoms with Crippen molar-refractivity contribution in [1.82, 2.24) is 14.8 Å². The lowest BCUT2D eigenvalue weighted by Gasteiger charge is -2.37. The fraction of sp³-hybridized carbons (Fsp3) is 0.346. The average molecular weight is 683 g/mol. The molecule has 8 nitrogen and oxygen atoms in total. The Hall–Kier alpha value is -2.98. The zero-order valence-corrected chi connectivity index (χ0v) is 24.2. The number of aryl methyl sites for hydroxylation is 1. The van der Waals surface area contributed by atoms with Gasteiger partial charge in [-0.15, -0.1) is 0 Å². The standard InChI is InChI=1S/C26H23BrClF6N5O3/c1-11-21(10-41-11)42-24(20(40)9-36-8-13(7-35)14-3-4-17(28)23(31)22(14)30)25-37-12(2)38-39(25)19-6-16(27)18(29)5-15(19)26(32,33)34/h3-8,11,20-21,24,40H,9-10,35H2,1-2H3/t11?,20-,21?,24?/m0/s1. The molecule has 16 heteroatoms. The van der Waals surface area contributed by atoms with E-state index in [2.05, 4.69) is 31.0 Å². The number of hydrogen-bond acceptors (Lipinski definition) is 7. The number of nitrogens with zero attached hydrogens (tertiary/aromatic N) is 4. The number of aromatic nitrogens is 3. The minimum Gasteiger partial charge on any atom is -0.404 e. The van der Waals surface area contributed by atoms with Gasteiger partial charge in [0, 0.05) is 23.6 Å². The van der Waals surface area contributed by atoms with Crippen molar-refractivity contribution in [3.63, 3.8) is 0 Å². The quantitative estimate of drug-likeness (QED) is 0.170. The normalized spacial score (nSPS) is 19.3. The van der Waals surface area contributed by atoms with Crippen LogP contribution >= 0.6 is 27.5 Å². The van der Waals surface area contributed by atoms with Crippen LogP contribution in [-0.4, -0.2) is 57.5 Å². The van der Waals surface area contributed by atoms with Gasteiger partial charge in [-0.05, 0) is 54.0 Å². The molecule has 3 N–H and O–H groups in total. The molecule has 0 aliphatic carbocycles. The second-order valence-corrected chi connectivity index (χ2v) is 10.5. The van der Waals surface area contributed by atoms with E-state index in [1.807, 2.05) is 0 Å². The van der Waals surface area contributed by atoms with Gasteiger partial charge in [0.15, 0.2) is 17.5 Å². The molecule has 0 spiro atoms. The van der Waals surface area contributed by atoms with Crippen molar-refractivity contribution in [2.75, 3.05) is 13.2 Å². The van der Waals surface area contributed by atoms with E-state index >= 15 is 0 Å². The van der Waals surface area contributed by atoms with Gasteiger partial charge >= 0.3 is 6.18 Å². The Bertz CT molecular complexity index is 1530. The first-order valence-electron chi connectivity index (χ1n) is 12.2. The molecule has 1 aromatic heterocycles. The van der Waals surface area contributed by atoms with Crippen molar-refractivity contribution in [3.8, 4) is 5.69 Å². The summed E-state index contributed by atoms with van der Waals surface area (Å²) in [6.45, 7) is 2.81. The lowest BCUT2D eigenvalue weighted by Crippen LogP contribution is -2.47. The van der Waals surface area contributed by atoms with Crippen molar-refractivity contribution >= 4 is 39.3 Å². The lowest BCUT2D eigenvalue weighted by atomic mass is 10.1. The number of halogens is 8. The maximum atomic E-state index is 14.4. The summed E-state index contributed by atoms with van der Waals surface area (Å²) in [5.41, 5.74) is 3.38. The third-order valence-corrected chi connectivity index (χ3v) is 7.23. The van der Waals surface area contributed by atoms with E-state index < -0.39 is 70.9 Å². The number of benzene rings is 2. The van der Waals surface area contributed by atoms with Crippen LogP contribution < -0.4 is 5.73 Å². The highest BCUT2D eigenvalue weighted by Crippen LogP contribution is 2.38.